The SMILES string of the molecule is NCC#Cc1ccc(Cl)c(N2C(=O)CCCC2=O)c1. The lowest BCUT2D eigenvalue weighted by Crippen LogP contribution is -2.40. The molecule has 1 aromatic rings. The minimum Gasteiger partial charge on any atom is -0.320 e. The maximum atomic E-state index is 11.9. The predicted octanol–water partition coefficient (Wildman–Crippen LogP) is 1.69. The van der Waals surface area contributed by atoms with Crippen LogP contribution in [0.15, 0.2) is 18.2 Å². The number of carbonyl (C=O) groups excluding carboxylic acids is 2. The van der Waals surface area contributed by atoms with Crippen molar-refractivity contribution in [3.8, 4) is 11.8 Å². The van der Waals surface area contributed by atoms with Crippen molar-refractivity contribution in [3.63, 3.8) is 0 Å². The Hall–Kier alpha value is -1.83. The van der Waals surface area contributed by atoms with Crippen LogP contribution < -0.4 is 10.6 Å². The van der Waals surface area contributed by atoms with E-state index < -0.39 is 0 Å². The van der Waals surface area contributed by atoms with Gasteiger partial charge in [0, 0.05) is 18.4 Å². The number of carbonyl (C=O) groups is 2. The number of halogens is 1. The third-order valence-corrected chi connectivity index (χ3v) is 3.12. The zero-order valence-corrected chi connectivity index (χ0v) is 11.0. The molecule has 1 aromatic carbocycles. The summed E-state index contributed by atoms with van der Waals surface area (Å²) in [5.74, 6) is 5.14. The Morgan fingerprint density at radius 2 is 1.95 bits per heavy atom. The second-order valence-electron chi connectivity index (χ2n) is 4.15. The highest BCUT2D eigenvalue weighted by atomic mass is 35.5. The van der Waals surface area contributed by atoms with E-state index in [9.17, 15) is 9.59 Å². The number of rotatable bonds is 1. The lowest BCUT2D eigenvalue weighted by molar-refractivity contribution is -0.129. The number of hydrogen-bond acceptors (Lipinski definition) is 3. The summed E-state index contributed by atoms with van der Waals surface area (Å²) in [6.07, 6.45) is 1.32. The molecule has 2 rings (SSSR count). The summed E-state index contributed by atoms with van der Waals surface area (Å²) < 4.78 is 0. The van der Waals surface area contributed by atoms with E-state index in [-0.39, 0.29) is 18.4 Å². The molecule has 19 heavy (non-hydrogen) atoms. The molecule has 1 aliphatic rings. The van der Waals surface area contributed by atoms with Crippen LogP contribution >= 0.6 is 11.6 Å². The van der Waals surface area contributed by atoms with Crippen molar-refractivity contribution in [3.05, 3.63) is 28.8 Å². The monoisotopic (exact) mass is 276 g/mol. The maximum absolute atomic E-state index is 11.9. The van der Waals surface area contributed by atoms with Gasteiger partial charge in [-0.3, -0.25) is 9.59 Å². The molecule has 1 aliphatic heterocycles. The summed E-state index contributed by atoms with van der Waals surface area (Å²) in [6.45, 7) is 0.250. The van der Waals surface area contributed by atoms with Gasteiger partial charge in [-0.05, 0) is 24.6 Å². The van der Waals surface area contributed by atoms with Crippen molar-refractivity contribution < 1.29 is 9.59 Å². The number of nitrogens with zero attached hydrogens (tertiary/aromatic N) is 1. The fourth-order valence-corrected chi connectivity index (χ4v) is 2.14. The van der Waals surface area contributed by atoms with Crippen LogP contribution in [0.4, 0.5) is 5.69 Å². The average molecular weight is 277 g/mol. The van der Waals surface area contributed by atoms with Crippen LogP contribution in [0, 0.1) is 11.8 Å². The van der Waals surface area contributed by atoms with E-state index in [1.54, 1.807) is 18.2 Å². The Morgan fingerprint density at radius 3 is 2.58 bits per heavy atom. The number of hydrogen-bond donors (Lipinski definition) is 1. The smallest absolute Gasteiger partial charge is 0.233 e. The summed E-state index contributed by atoms with van der Waals surface area (Å²) in [4.78, 5) is 24.9. The molecule has 0 aromatic heterocycles. The standard InChI is InChI=1S/C14H13ClN2O2/c15-11-7-6-10(3-2-8-16)9-12(11)17-13(18)4-1-5-14(17)19/h6-7,9H,1,4-5,8,16H2. The number of imide groups is 1. The molecule has 0 unspecified atom stereocenters. The second kappa shape index (κ2) is 5.87. The van der Waals surface area contributed by atoms with E-state index in [0.717, 1.165) is 4.90 Å². The number of anilines is 1. The van der Waals surface area contributed by atoms with Crippen LogP contribution in [0.2, 0.25) is 5.02 Å². The minimum atomic E-state index is -0.220. The molecule has 0 radical (unpaired) electrons. The zero-order chi connectivity index (χ0) is 13.8. The van der Waals surface area contributed by atoms with Gasteiger partial charge < -0.3 is 5.73 Å². The molecule has 1 saturated heterocycles. The van der Waals surface area contributed by atoms with Gasteiger partial charge in [0.25, 0.3) is 0 Å². The number of amides is 2. The molecular formula is C14H13ClN2O2. The number of benzene rings is 1. The third kappa shape index (κ3) is 2.95. The molecule has 0 bridgehead atoms. The van der Waals surface area contributed by atoms with Gasteiger partial charge in [0.2, 0.25) is 11.8 Å². The molecule has 2 amide bonds. The molecule has 5 heteroatoms. The Balaban J connectivity index is 2.42. The largest absolute Gasteiger partial charge is 0.320 e. The Morgan fingerprint density at radius 1 is 1.26 bits per heavy atom. The number of piperidine rings is 1. The Kier molecular flexibility index (Phi) is 4.20. The van der Waals surface area contributed by atoms with Crippen LogP contribution in [0.25, 0.3) is 0 Å². The lowest BCUT2D eigenvalue weighted by Gasteiger charge is -2.25. The molecular weight excluding hydrogens is 264 g/mol. The zero-order valence-electron chi connectivity index (χ0n) is 10.3. The molecule has 0 saturated carbocycles. The molecule has 0 spiro atoms. The topological polar surface area (TPSA) is 63.4 Å². The van der Waals surface area contributed by atoms with Gasteiger partial charge in [0.1, 0.15) is 0 Å². The van der Waals surface area contributed by atoms with Gasteiger partial charge >= 0.3 is 0 Å². The summed E-state index contributed by atoms with van der Waals surface area (Å²) in [6, 6.07) is 5.01. The maximum Gasteiger partial charge on any atom is 0.233 e. The molecule has 1 heterocycles. The van der Waals surface area contributed by atoms with E-state index >= 15 is 0 Å². The highest BCUT2D eigenvalue weighted by molar-refractivity contribution is 6.35. The van der Waals surface area contributed by atoms with Crippen molar-refractivity contribution in [2.75, 3.05) is 11.4 Å². The first-order chi connectivity index (χ1) is 9.13. The van der Waals surface area contributed by atoms with Crippen molar-refractivity contribution in [1.82, 2.24) is 0 Å². The first-order valence-electron chi connectivity index (χ1n) is 5.97. The Bertz CT molecular complexity index is 571. The van der Waals surface area contributed by atoms with Gasteiger partial charge in [-0.15, -0.1) is 0 Å². The molecule has 2 N–H and O–H groups in total. The van der Waals surface area contributed by atoms with Crippen LogP contribution in [0.5, 0.6) is 0 Å². The van der Waals surface area contributed by atoms with E-state index in [0.29, 0.717) is 35.5 Å². The average Bonchev–Trinajstić information content (AvgIpc) is 2.39. The first kappa shape index (κ1) is 13.6. The fraction of sp³-hybridized carbons (Fsp3) is 0.286. The van der Waals surface area contributed by atoms with Crippen molar-refractivity contribution in [2.45, 2.75) is 19.3 Å². The van der Waals surface area contributed by atoms with Crippen LogP contribution in [-0.4, -0.2) is 18.4 Å². The molecule has 0 aliphatic carbocycles. The van der Waals surface area contributed by atoms with Gasteiger partial charge in [0.05, 0.1) is 17.3 Å². The lowest BCUT2D eigenvalue weighted by atomic mass is 10.1. The van der Waals surface area contributed by atoms with Gasteiger partial charge in [-0.25, -0.2) is 4.90 Å². The highest BCUT2D eigenvalue weighted by Gasteiger charge is 2.28. The molecule has 4 nitrogen and oxygen atoms in total. The Labute approximate surface area is 116 Å². The van der Waals surface area contributed by atoms with Gasteiger partial charge in [-0.1, -0.05) is 23.4 Å². The minimum absolute atomic E-state index is 0.220. The third-order valence-electron chi connectivity index (χ3n) is 2.80. The fourth-order valence-electron chi connectivity index (χ4n) is 1.94. The van der Waals surface area contributed by atoms with E-state index in [2.05, 4.69) is 11.8 Å². The van der Waals surface area contributed by atoms with Gasteiger partial charge in [-0.2, -0.15) is 0 Å². The summed E-state index contributed by atoms with van der Waals surface area (Å²) in [5, 5.41) is 0.363. The van der Waals surface area contributed by atoms with Crippen molar-refractivity contribution in [2.24, 2.45) is 5.73 Å². The van der Waals surface area contributed by atoms with Crippen molar-refractivity contribution >= 4 is 29.1 Å². The molecule has 98 valence electrons. The summed E-state index contributed by atoms with van der Waals surface area (Å²) in [7, 11) is 0. The molecule has 1 fully saturated rings. The predicted molar refractivity (Wildman–Crippen MR) is 73.7 cm³/mol. The van der Waals surface area contributed by atoms with Crippen LogP contribution in [0.3, 0.4) is 0 Å². The quantitative estimate of drug-likeness (QED) is 0.627. The summed E-state index contributed by atoms with van der Waals surface area (Å²) in [5.41, 5.74) is 6.39. The van der Waals surface area contributed by atoms with Crippen molar-refractivity contribution in [1.29, 1.82) is 0 Å². The van der Waals surface area contributed by atoms with Gasteiger partial charge in [0.15, 0.2) is 0 Å². The van der Waals surface area contributed by atoms with Crippen LogP contribution in [0.1, 0.15) is 24.8 Å². The highest BCUT2D eigenvalue weighted by Crippen LogP contribution is 2.30. The van der Waals surface area contributed by atoms with E-state index in [1.807, 2.05) is 0 Å². The number of nitrogens with two attached hydrogens (primary N) is 1. The second-order valence-corrected chi connectivity index (χ2v) is 4.56. The normalized spacial score (nSPS) is 15.2. The van der Waals surface area contributed by atoms with E-state index in [4.69, 9.17) is 17.3 Å². The summed E-state index contributed by atoms with van der Waals surface area (Å²) >= 11 is 6.08. The molecule has 0 atom stereocenters. The van der Waals surface area contributed by atoms with E-state index in [1.165, 1.54) is 0 Å². The van der Waals surface area contributed by atoms with Crippen LogP contribution in [-0.2, 0) is 9.59 Å². The first-order valence-corrected chi connectivity index (χ1v) is 6.35.